The summed E-state index contributed by atoms with van der Waals surface area (Å²) in [4.78, 5) is 84.3. The molecule has 1 aromatic carbocycles. The molecule has 1 aliphatic rings. The van der Waals surface area contributed by atoms with Crippen molar-refractivity contribution in [1.82, 2.24) is 20.7 Å². The van der Waals surface area contributed by atoms with E-state index < -0.39 is 87.8 Å². The Hall–Kier alpha value is -3.83. The van der Waals surface area contributed by atoms with E-state index >= 15 is 0 Å². The van der Waals surface area contributed by atoms with E-state index in [0.717, 1.165) is 0 Å². The first-order valence-electron chi connectivity index (χ1n) is 9.92. The normalized spacial score (nSPS) is 15.4. The minimum atomic E-state index is -5.01. The van der Waals surface area contributed by atoms with Crippen LogP contribution in [0.5, 0.6) is 0 Å². The third-order valence-electron chi connectivity index (χ3n) is 4.48. The lowest BCUT2D eigenvalue weighted by Crippen LogP contribution is -2.55. The quantitative estimate of drug-likeness (QED) is 0.169. The molecule has 4 N–H and O–H groups in total. The predicted molar refractivity (Wildman–Crippen MR) is 120 cm³/mol. The Morgan fingerprint density at radius 1 is 1.03 bits per heavy atom. The Morgan fingerprint density at radius 3 is 2.19 bits per heavy atom. The lowest BCUT2D eigenvalue weighted by Gasteiger charge is -2.29. The van der Waals surface area contributed by atoms with Gasteiger partial charge in [-0.1, -0.05) is 42.1 Å². The van der Waals surface area contributed by atoms with Crippen LogP contribution in [-0.2, 0) is 38.9 Å². The van der Waals surface area contributed by atoms with Crippen LogP contribution in [0.4, 0.5) is 0 Å². The SMILES string of the molecule is O=C(O)CNC(=O)CNC(=O)CN(C(=O)CSC(=O)c1ccccc1)N1C(=O)CC(S(=O)(=O)O)C1=O. The number of carboxylic acids is 1. The van der Waals surface area contributed by atoms with Crippen LogP contribution >= 0.6 is 11.8 Å². The molecule has 1 atom stereocenters. The van der Waals surface area contributed by atoms with Gasteiger partial charge in [0.25, 0.3) is 21.9 Å². The number of amides is 5. The van der Waals surface area contributed by atoms with Gasteiger partial charge in [0, 0.05) is 5.56 Å². The predicted octanol–water partition coefficient (Wildman–Crippen LogP) is -2.36. The van der Waals surface area contributed by atoms with Crippen molar-refractivity contribution in [3.8, 4) is 0 Å². The molecule has 0 saturated carbocycles. The van der Waals surface area contributed by atoms with Gasteiger partial charge in [0.2, 0.25) is 22.8 Å². The summed E-state index contributed by atoms with van der Waals surface area (Å²) >= 11 is 0.490. The Balaban J connectivity index is 2.16. The molecule has 2 rings (SSSR count). The molecule has 0 bridgehead atoms. The third kappa shape index (κ3) is 7.85. The standard InChI is InChI=1S/C19H20N4O11S2/c24-13(21-8-17(28)29)7-20-14(25)9-22(23-15(26)6-12(18(23)30)36(32,33)34)16(27)10-35-19(31)11-4-2-1-3-5-11/h1-5,12H,6-10H2,(H,20,25)(H,21,24)(H,28,29)(H,32,33,34). The molecule has 0 radical (unpaired) electrons. The average Bonchev–Trinajstić information content (AvgIpc) is 3.12. The highest BCUT2D eigenvalue weighted by molar-refractivity contribution is 8.14. The molecular formula is C19H20N4O11S2. The lowest BCUT2D eigenvalue weighted by atomic mass is 10.2. The number of hydrazine groups is 1. The van der Waals surface area contributed by atoms with E-state index in [1.807, 2.05) is 10.6 Å². The number of carboxylic acid groups (broad SMARTS) is 1. The molecule has 36 heavy (non-hydrogen) atoms. The number of nitrogens with zero attached hydrogens (tertiary/aromatic N) is 2. The second-order valence-electron chi connectivity index (χ2n) is 7.09. The number of carbonyl (C=O) groups is 7. The highest BCUT2D eigenvalue weighted by Gasteiger charge is 2.49. The molecule has 194 valence electrons. The zero-order valence-electron chi connectivity index (χ0n) is 18.3. The molecule has 1 aliphatic heterocycles. The van der Waals surface area contributed by atoms with Crippen molar-refractivity contribution in [1.29, 1.82) is 0 Å². The maximum Gasteiger partial charge on any atom is 0.322 e. The average molecular weight is 545 g/mol. The minimum Gasteiger partial charge on any atom is -0.480 e. The second-order valence-corrected chi connectivity index (χ2v) is 9.64. The molecule has 1 fully saturated rings. The molecular weight excluding hydrogens is 524 g/mol. The zero-order chi connectivity index (χ0) is 27.0. The van der Waals surface area contributed by atoms with Crippen LogP contribution in [0.25, 0.3) is 0 Å². The van der Waals surface area contributed by atoms with Crippen molar-refractivity contribution in [2.45, 2.75) is 11.7 Å². The fourth-order valence-corrected chi connectivity index (χ4v) is 4.23. The van der Waals surface area contributed by atoms with Crippen LogP contribution in [0.3, 0.4) is 0 Å². The Kier molecular flexibility index (Phi) is 9.65. The topological polar surface area (TPSA) is 225 Å². The molecule has 0 aromatic heterocycles. The first kappa shape index (κ1) is 28.4. The molecule has 1 aromatic rings. The van der Waals surface area contributed by atoms with Gasteiger partial charge in [0.05, 0.1) is 18.7 Å². The van der Waals surface area contributed by atoms with Crippen LogP contribution in [0.1, 0.15) is 16.8 Å². The molecule has 1 heterocycles. The zero-order valence-corrected chi connectivity index (χ0v) is 19.9. The van der Waals surface area contributed by atoms with Crippen molar-refractivity contribution >= 4 is 62.5 Å². The van der Waals surface area contributed by atoms with Crippen LogP contribution in [-0.4, -0.2) is 99.4 Å². The summed E-state index contributed by atoms with van der Waals surface area (Å²) in [5, 5.41) is 10.2. The number of carbonyl (C=O) groups excluding carboxylic acids is 6. The van der Waals surface area contributed by atoms with Crippen molar-refractivity contribution in [2.75, 3.05) is 25.4 Å². The number of rotatable bonds is 11. The molecule has 17 heteroatoms. The van der Waals surface area contributed by atoms with Gasteiger partial charge in [-0.3, -0.25) is 38.1 Å². The van der Waals surface area contributed by atoms with E-state index in [1.165, 1.54) is 12.1 Å². The van der Waals surface area contributed by atoms with Crippen LogP contribution in [0.15, 0.2) is 30.3 Å². The third-order valence-corrected chi connectivity index (χ3v) is 6.46. The highest BCUT2D eigenvalue weighted by atomic mass is 32.2. The van der Waals surface area contributed by atoms with Crippen LogP contribution in [0.2, 0.25) is 0 Å². The maximum absolute atomic E-state index is 12.8. The second kappa shape index (κ2) is 12.2. The summed E-state index contributed by atoms with van der Waals surface area (Å²) in [5.41, 5.74) is 0.242. The van der Waals surface area contributed by atoms with Gasteiger partial charge < -0.3 is 15.7 Å². The number of hydrogen-bond acceptors (Lipinski definition) is 10. The van der Waals surface area contributed by atoms with E-state index in [0.29, 0.717) is 16.8 Å². The van der Waals surface area contributed by atoms with Crippen molar-refractivity contribution in [2.24, 2.45) is 0 Å². The fourth-order valence-electron chi connectivity index (χ4n) is 2.82. The van der Waals surface area contributed by atoms with Crippen molar-refractivity contribution in [3.63, 3.8) is 0 Å². The number of hydrogen-bond donors (Lipinski definition) is 4. The number of benzene rings is 1. The monoisotopic (exact) mass is 544 g/mol. The first-order valence-corrected chi connectivity index (χ1v) is 12.4. The summed E-state index contributed by atoms with van der Waals surface area (Å²) in [6.07, 6.45) is -0.989. The summed E-state index contributed by atoms with van der Waals surface area (Å²) in [7, 11) is -5.01. The van der Waals surface area contributed by atoms with Gasteiger partial charge in [-0.05, 0) is 0 Å². The summed E-state index contributed by atoms with van der Waals surface area (Å²) in [5.74, 6) is -7.77. The number of thioether (sulfide) groups is 1. The lowest BCUT2D eigenvalue weighted by molar-refractivity contribution is -0.168. The molecule has 1 saturated heterocycles. The van der Waals surface area contributed by atoms with Gasteiger partial charge in [-0.15, -0.1) is 0 Å². The number of aliphatic carboxylic acids is 1. The summed E-state index contributed by atoms with van der Waals surface area (Å²) in [6, 6.07) is 7.77. The van der Waals surface area contributed by atoms with Crippen molar-refractivity contribution < 1.29 is 51.6 Å². The van der Waals surface area contributed by atoms with Gasteiger partial charge >= 0.3 is 5.97 Å². The Bertz CT molecular complexity index is 1190. The highest BCUT2D eigenvalue weighted by Crippen LogP contribution is 2.22. The first-order chi connectivity index (χ1) is 16.8. The van der Waals surface area contributed by atoms with Crippen molar-refractivity contribution in [3.05, 3.63) is 35.9 Å². The maximum atomic E-state index is 12.8. The van der Waals surface area contributed by atoms with E-state index in [2.05, 4.69) is 0 Å². The molecule has 5 amide bonds. The Morgan fingerprint density at radius 2 is 1.64 bits per heavy atom. The van der Waals surface area contributed by atoms with Gasteiger partial charge in [-0.25, -0.2) is 5.01 Å². The molecule has 0 spiro atoms. The molecule has 0 aliphatic carbocycles. The van der Waals surface area contributed by atoms with Crippen LogP contribution < -0.4 is 10.6 Å². The van der Waals surface area contributed by atoms with E-state index in [9.17, 15) is 46.5 Å². The molecule has 15 nitrogen and oxygen atoms in total. The number of nitrogens with one attached hydrogen (secondary N) is 2. The summed E-state index contributed by atoms with van der Waals surface area (Å²) in [6.45, 7) is -2.48. The van der Waals surface area contributed by atoms with E-state index in [-0.39, 0.29) is 10.6 Å². The smallest absolute Gasteiger partial charge is 0.322 e. The van der Waals surface area contributed by atoms with E-state index in [4.69, 9.17) is 5.11 Å². The minimum absolute atomic E-state index is 0.0956. The fraction of sp³-hybridized carbons (Fsp3) is 0.316. The van der Waals surface area contributed by atoms with Gasteiger partial charge in [0.15, 0.2) is 5.25 Å². The largest absolute Gasteiger partial charge is 0.480 e. The van der Waals surface area contributed by atoms with E-state index in [1.54, 1.807) is 18.2 Å². The summed E-state index contributed by atoms with van der Waals surface area (Å²) < 4.78 is 32.1. The van der Waals surface area contributed by atoms with Gasteiger partial charge in [-0.2, -0.15) is 13.4 Å². The molecule has 1 unspecified atom stereocenters. The van der Waals surface area contributed by atoms with Crippen LogP contribution in [0, 0.1) is 0 Å². The Labute approximate surface area is 207 Å². The number of imide groups is 1. The van der Waals surface area contributed by atoms with Gasteiger partial charge in [0.1, 0.15) is 13.1 Å².